The Hall–Kier alpha value is -1.87. The molecule has 1 heterocycles. The van der Waals surface area contributed by atoms with Crippen molar-refractivity contribution >= 4 is 38.5 Å². The zero-order chi connectivity index (χ0) is 19.4. The minimum absolute atomic E-state index is 0.930. The summed E-state index contributed by atoms with van der Waals surface area (Å²) in [5, 5.41) is 6.05. The fraction of sp³-hybridized carbons (Fsp3) is 0.211. The minimum Gasteiger partial charge on any atom is -0.281 e. The molecule has 1 aliphatic heterocycles. The van der Waals surface area contributed by atoms with Gasteiger partial charge >= 0.3 is 5.17 Å². The van der Waals surface area contributed by atoms with Crippen LogP contribution in [0, 0.1) is 10.2 Å². The second-order valence-electron chi connectivity index (χ2n) is 6.16. The van der Waals surface area contributed by atoms with Crippen LogP contribution >= 0.6 is 11.8 Å². The SMILES string of the molecule is NC(Sc1c2ccccc2cc2ccccc12)=[N+]1CCCC1.[O-][Cl+3]([O-])([O-])[O-]. The minimum atomic E-state index is -4.94. The molecule has 0 bridgehead atoms. The quantitative estimate of drug-likeness (QED) is 0.250. The van der Waals surface area contributed by atoms with E-state index in [4.69, 9.17) is 24.4 Å². The second kappa shape index (κ2) is 8.43. The number of rotatable bonds is 1. The standard InChI is InChI=1S/C19H18N2S.ClHO4/c20-19(21-11-5-6-12-21)22-18-16-9-3-1-7-14(16)13-15-8-2-4-10-17(15)18;2-1(3,4)5/h1-4,7-10,13,20H,5-6,11-12H2;(H,2,3,4,5). The van der Waals surface area contributed by atoms with E-state index in [2.05, 4.69) is 59.2 Å². The summed E-state index contributed by atoms with van der Waals surface area (Å²) < 4.78 is 36.3. The third-order valence-electron chi connectivity index (χ3n) is 4.35. The summed E-state index contributed by atoms with van der Waals surface area (Å²) in [5.74, 6) is 0. The number of nitrogens with two attached hydrogens (primary N) is 1. The van der Waals surface area contributed by atoms with Crippen molar-refractivity contribution in [3.8, 4) is 0 Å². The van der Waals surface area contributed by atoms with Crippen molar-refractivity contribution in [2.24, 2.45) is 5.73 Å². The van der Waals surface area contributed by atoms with Gasteiger partial charge in [-0.3, -0.25) is 10.3 Å². The molecule has 6 nitrogen and oxygen atoms in total. The molecule has 142 valence electrons. The van der Waals surface area contributed by atoms with Crippen LogP contribution in [0.15, 0.2) is 59.5 Å². The fourth-order valence-corrected chi connectivity index (χ4v) is 4.30. The Labute approximate surface area is 163 Å². The van der Waals surface area contributed by atoms with Crippen molar-refractivity contribution in [1.82, 2.24) is 0 Å². The Morgan fingerprint density at radius 2 is 1.30 bits per heavy atom. The number of hydrogen-bond acceptors (Lipinski definition) is 5. The Balaban J connectivity index is 0.000000376. The lowest BCUT2D eigenvalue weighted by Gasteiger charge is -2.17. The normalized spacial score (nSPS) is 14.3. The van der Waals surface area contributed by atoms with Crippen LogP contribution in [0.2, 0.25) is 0 Å². The highest BCUT2D eigenvalue weighted by atomic mass is 35.7. The van der Waals surface area contributed by atoms with Crippen LogP contribution in [0.25, 0.3) is 21.5 Å². The number of thioether (sulfide) groups is 1. The largest absolute Gasteiger partial charge is 0.309 e. The molecule has 0 amide bonds. The van der Waals surface area contributed by atoms with Gasteiger partial charge in [0, 0.05) is 4.90 Å². The maximum absolute atomic E-state index is 8.49. The first kappa shape index (κ1) is 19.9. The van der Waals surface area contributed by atoms with Gasteiger partial charge in [0.1, 0.15) is 0 Å². The highest BCUT2D eigenvalue weighted by Crippen LogP contribution is 2.35. The van der Waals surface area contributed by atoms with Gasteiger partial charge in [0.25, 0.3) is 0 Å². The van der Waals surface area contributed by atoms with E-state index in [1.807, 2.05) is 0 Å². The molecule has 8 heteroatoms. The summed E-state index contributed by atoms with van der Waals surface area (Å²) in [6, 6.07) is 19.4. The van der Waals surface area contributed by atoms with Crippen molar-refractivity contribution in [2.45, 2.75) is 17.7 Å². The average molecular weight is 407 g/mol. The molecule has 0 radical (unpaired) electrons. The number of fused-ring (bicyclic) bond motifs is 2. The van der Waals surface area contributed by atoms with Crippen LogP contribution in [0.1, 0.15) is 12.8 Å². The van der Waals surface area contributed by atoms with Gasteiger partial charge in [0.05, 0.1) is 13.1 Å². The van der Waals surface area contributed by atoms with E-state index in [1.165, 1.54) is 39.3 Å². The van der Waals surface area contributed by atoms with Gasteiger partial charge in [0.2, 0.25) is 0 Å². The third-order valence-corrected chi connectivity index (χ3v) is 5.46. The molecule has 0 aliphatic carbocycles. The number of hydrogen-bond donors (Lipinski definition) is 1. The van der Waals surface area contributed by atoms with Crippen LogP contribution in [-0.2, 0) is 0 Å². The van der Waals surface area contributed by atoms with E-state index in [1.54, 1.807) is 11.8 Å². The molecule has 0 saturated carbocycles. The topological polar surface area (TPSA) is 121 Å². The second-order valence-corrected chi connectivity index (χ2v) is 7.95. The van der Waals surface area contributed by atoms with Gasteiger partial charge in [-0.05, 0) is 52.2 Å². The lowest BCUT2D eigenvalue weighted by molar-refractivity contribution is -2.00. The maximum atomic E-state index is 8.49. The number of benzene rings is 3. The Morgan fingerprint density at radius 1 is 0.852 bits per heavy atom. The predicted molar refractivity (Wildman–Crippen MR) is 95.7 cm³/mol. The molecule has 1 aliphatic rings. The Bertz CT molecular complexity index is 920. The highest BCUT2D eigenvalue weighted by molar-refractivity contribution is 8.13. The van der Waals surface area contributed by atoms with Gasteiger partial charge in [-0.25, -0.2) is 18.6 Å². The summed E-state index contributed by atoms with van der Waals surface area (Å²) in [5.41, 5.74) is 6.40. The van der Waals surface area contributed by atoms with Gasteiger partial charge < -0.3 is 0 Å². The van der Waals surface area contributed by atoms with Gasteiger partial charge in [-0.1, -0.05) is 48.5 Å². The first-order valence-corrected chi connectivity index (χ1v) is 10.5. The van der Waals surface area contributed by atoms with Gasteiger partial charge in [-0.15, -0.1) is 10.2 Å². The van der Waals surface area contributed by atoms with Crippen molar-refractivity contribution in [3.63, 3.8) is 0 Å². The molecule has 1 fully saturated rings. The fourth-order valence-electron chi connectivity index (χ4n) is 3.19. The molecule has 0 atom stereocenters. The summed E-state index contributed by atoms with van der Waals surface area (Å²) in [6.45, 7) is 2.17. The monoisotopic (exact) mass is 406 g/mol. The lowest BCUT2D eigenvalue weighted by atomic mass is 10.0. The van der Waals surface area contributed by atoms with Crippen LogP contribution in [0.5, 0.6) is 0 Å². The summed E-state index contributed by atoms with van der Waals surface area (Å²) in [7, 11) is -4.94. The average Bonchev–Trinajstić information content (AvgIpc) is 3.15. The van der Waals surface area contributed by atoms with E-state index in [0.717, 1.165) is 18.3 Å². The summed E-state index contributed by atoms with van der Waals surface area (Å²) in [6.07, 6.45) is 2.50. The first-order chi connectivity index (χ1) is 12.8. The molecule has 3 aromatic rings. The van der Waals surface area contributed by atoms with E-state index < -0.39 is 10.2 Å². The Kier molecular flexibility index (Phi) is 6.21. The molecule has 0 spiro atoms. The van der Waals surface area contributed by atoms with Crippen molar-refractivity contribution in [3.05, 3.63) is 54.6 Å². The van der Waals surface area contributed by atoms with E-state index in [9.17, 15) is 0 Å². The summed E-state index contributed by atoms with van der Waals surface area (Å²) in [4.78, 5) is 1.28. The summed E-state index contributed by atoms with van der Waals surface area (Å²) >= 11 is 1.72. The Morgan fingerprint density at radius 3 is 1.78 bits per heavy atom. The van der Waals surface area contributed by atoms with Crippen LogP contribution in [-0.4, -0.2) is 22.8 Å². The highest BCUT2D eigenvalue weighted by Gasteiger charge is 2.18. The third kappa shape index (κ3) is 5.32. The van der Waals surface area contributed by atoms with Crippen molar-refractivity contribution < 1.29 is 33.5 Å². The van der Waals surface area contributed by atoms with Crippen LogP contribution in [0.4, 0.5) is 0 Å². The zero-order valence-corrected chi connectivity index (χ0v) is 16.0. The molecular formula is C19H19ClN2O4S. The number of amidine groups is 1. The van der Waals surface area contributed by atoms with Crippen LogP contribution in [0.3, 0.4) is 0 Å². The number of halogens is 1. The van der Waals surface area contributed by atoms with E-state index in [0.29, 0.717) is 0 Å². The lowest BCUT2D eigenvalue weighted by Crippen LogP contribution is -2.68. The van der Waals surface area contributed by atoms with Gasteiger partial charge in [-0.2, -0.15) is 0 Å². The maximum Gasteiger partial charge on any atom is 0.309 e. The molecule has 2 N–H and O–H groups in total. The predicted octanol–water partition coefficient (Wildman–Crippen LogP) is -0.550. The molecule has 3 aromatic carbocycles. The molecule has 0 unspecified atom stereocenters. The van der Waals surface area contributed by atoms with E-state index in [-0.39, 0.29) is 0 Å². The zero-order valence-electron chi connectivity index (χ0n) is 14.5. The number of nitrogens with zero attached hydrogens (tertiary/aromatic N) is 1. The van der Waals surface area contributed by atoms with Crippen molar-refractivity contribution in [2.75, 3.05) is 13.1 Å². The molecule has 0 aromatic heterocycles. The molecule has 1 saturated heterocycles. The molecule has 4 rings (SSSR count). The van der Waals surface area contributed by atoms with Crippen LogP contribution < -0.4 is 24.4 Å². The first-order valence-electron chi connectivity index (χ1n) is 8.40. The smallest absolute Gasteiger partial charge is 0.281 e. The molecule has 27 heavy (non-hydrogen) atoms. The molecular weight excluding hydrogens is 388 g/mol. The van der Waals surface area contributed by atoms with E-state index >= 15 is 0 Å². The van der Waals surface area contributed by atoms with Crippen molar-refractivity contribution in [1.29, 1.82) is 0 Å². The van der Waals surface area contributed by atoms with Gasteiger partial charge in [0.15, 0.2) is 0 Å².